The third kappa shape index (κ3) is 3.72. The van der Waals surface area contributed by atoms with Crippen LogP contribution in [0.25, 0.3) is 11.0 Å². The van der Waals surface area contributed by atoms with Crippen molar-refractivity contribution in [3.8, 4) is 0 Å². The number of nitrogens with two attached hydrogens (primary N) is 1. The van der Waals surface area contributed by atoms with Gasteiger partial charge in [-0.3, -0.25) is 9.59 Å². The molecule has 13 heteroatoms. The number of fused-ring (bicyclic) bond motifs is 1. The summed E-state index contributed by atoms with van der Waals surface area (Å²) in [5.41, 5.74) is 7.14. The average molecular weight is 489 g/mol. The molecule has 3 aromatic rings. The predicted molar refractivity (Wildman–Crippen MR) is 121 cm³/mol. The van der Waals surface area contributed by atoms with Crippen molar-refractivity contribution in [3.63, 3.8) is 0 Å². The molecule has 0 saturated carbocycles. The topological polar surface area (TPSA) is 142 Å². The number of carbonyl (C=O) groups excluding carboxylic acids is 2. The molecular weight excluding hydrogens is 471 g/mol. The van der Waals surface area contributed by atoms with Gasteiger partial charge >= 0.3 is 0 Å². The molecule has 2 atom stereocenters. The van der Waals surface area contributed by atoms with Crippen LogP contribution in [0.4, 0.5) is 11.6 Å². The van der Waals surface area contributed by atoms with Crippen molar-refractivity contribution in [1.82, 2.24) is 20.5 Å². The van der Waals surface area contributed by atoms with Crippen LogP contribution in [0.2, 0.25) is 10.0 Å². The summed E-state index contributed by atoms with van der Waals surface area (Å²) in [6.07, 6.45) is 2.20. The van der Waals surface area contributed by atoms with E-state index < -0.39 is 6.04 Å². The second kappa shape index (κ2) is 8.16. The van der Waals surface area contributed by atoms with Gasteiger partial charge in [0.2, 0.25) is 5.58 Å². The zero-order valence-electron chi connectivity index (χ0n) is 17.3. The van der Waals surface area contributed by atoms with Crippen molar-refractivity contribution in [2.45, 2.75) is 18.5 Å². The van der Waals surface area contributed by atoms with Crippen LogP contribution in [-0.4, -0.2) is 53.1 Å². The summed E-state index contributed by atoms with van der Waals surface area (Å²) in [5.74, 6) is 0.201. The van der Waals surface area contributed by atoms with Gasteiger partial charge in [0.15, 0.2) is 17.7 Å². The van der Waals surface area contributed by atoms with E-state index in [0.717, 1.165) is 0 Å². The molecule has 0 bridgehead atoms. The van der Waals surface area contributed by atoms with E-state index in [0.29, 0.717) is 52.4 Å². The van der Waals surface area contributed by atoms with Crippen LogP contribution < -0.4 is 16.0 Å². The van der Waals surface area contributed by atoms with Crippen LogP contribution in [0.1, 0.15) is 28.4 Å². The number of anilines is 2. The predicted octanol–water partition coefficient (Wildman–Crippen LogP) is 3.00. The molecule has 0 aliphatic carbocycles. The largest absolute Gasteiger partial charge is 0.380 e. The molecule has 4 heterocycles. The van der Waals surface area contributed by atoms with Gasteiger partial charge in [0.05, 0.1) is 21.0 Å². The Kier molecular flexibility index (Phi) is 5.29. The number of hydrogen-bond donors (Lipinski definition) is 2. The highest BCUT2D eigenvalue weighted by Crippen LogP contribution is 2.35. The summed E-state index contributed by atoms with van der Waals surface area (Å²) < 4.78 is 5.33. The quantitative estimate of drug-likeness (QED) is 0.574. The number of halogens is 2. The molecule has 2 amide bonds. The molecule has 2 aromatic heterocycles. The fraction of sp³-hybridized carbons (Fsp3) is 0.300. The fourth-order valence-corrected chi connectivity index (χ4v) is 4.49. The summed E-state index contributed by atoms with van der Waals surface area (Å²) in [5, 5.41) is 16.7. The van der Waals surface area contributed by atoms with Crippen molar-refractivity contribution >= 4 is 57.6 Å². The molecule has 170 valence electrons. The van der Waals surface area contributed by atoms with Crippen LogP contribution in [0.3, 0.4) is 0 Å². The molecule has 1 aromatic carbocycles. The Bertz CT molecular complexity index is 1310. The lowest BCUT2D eigenvalue weighted by molar-refractivity contribution is -0.128. The number of carbonyl (C=O) groups is 2. The second-order valence-corrected chi connectivity index (χ2v) is 8.63. The lowest BCUT2D eigenvalue weighted by atomic mass is 10.0. The van der Waals surface area contributed by atoms with Gasteiger partial charge in [0.25, 0.3) is 11.8 Å². The summed E-state index contributed by atoms with van der Waals surface area (Å²) in [6, 6.07) is 3.93. The Hall–Kier alpha value is -3.44. The van der Waals surface area contributed by atoms with Gasteiger partial charge in [-0.05, 0) is 24.1 Å². The number of aromatic nitrogens is 2. The molecule has 3 N–H and O–H groups in total. The maximum atomic E-state index is 12.9. The zero-order chi connectivity index (χ0) is 23.3. The fourth-order valence-electron chi connectivity index (χ4n) is 3.98. The number of benzene rings is 1. The van der Waals surface area contributed by atoms with E-state index in [9.17, 15) is 9.59 Å². The smallest absolute Gasteiger partial charge is 0.275 e. The average Bonchev–Trinajstić information content (AvgIpc) is 3.49. The molecule has 2 aliphatic rings. The van der Waals surface area contributed by atoms with Gasteiger partial charge < -0.3 is 20.5 Å². The van der Waals surface area contributed by atoms with Crippen molar-refractivity contribution in [1.29, 1.82) is 0 Å². The van der Waals surface area contributed by atoms with Gasteiger partial charge in [-0.2, -0.15) is 5.11 Å². The number of rotatable bonds is 4. The van der Waals surface area contributed by atoms with E-state index in [1.165, 1.54) is 18.3 Å². The first-order chi connectivity index (χ1) is 15.8. The molecule has 0 radical (unpaired) electrons. The minimum atomic E-state index is -0.748. The maximum absolute atomic E-state index is 12.9. The summed E-state index contributed by atoms with van der Waals surface area (Å²) in [7, 11) is 1.53. The Morgan fingerprint density at radius 1 is 1.30 bits per heavy atom. The second-order valence-electron chi connectivity index (χ2n) is 7.82. The summed E-state index contributed by atoms with van der Waals surface area (Å²) in [4.78, 5) is 31.3. The maximum Gasteiger partial charge on any atom is 0.275 e. The molecular formula is C20H18Cl2N8O3. The molecule has 5 rings (SSSR count). The highest BCUT2D eigenvalue weighted by atomic mass is 35.5. The van der Waals surface area contributed by atoms with E-state index in [-0.39, 0.29) is 28.7 Å². The number of nitrogen functional groups attached to an aromatic ring is 1. The van der Waals surface area contributed by atoms with Crippen molar-refractivity contribution in [2.75, 3.05) is 30.8 Å². The van der Waals surface area contributed by atoms with E-state index in [1.807, 2.05) is 4.90 Å². The van der Waals surface area contributed by atoms with Gasteiger partial charge in [-0.25, -0.2) is 9.99 Å². The third-order valence-corrected chi connectivity index (χ3v) is 6.29. The van der Waals surface area contributed by atoms with Crippen LogP contribution in [0.5, 0.6) is 0 Å². The SMILES string of the molecule is CN1N=N[C@H](c2ccc(C(=O)N[C@@H]3CCN(c4ncc(Cl)c5c(N)noc45)C3)c(Cl)c2)C1=O. The highest BCUT2D eigenvalue weighted by Gasteiger charge is 2.31. The van der Waals surface area contributed by atoms with Gasteiger partial charge in [-0.15, -0.1) is 0 Å². The highest BCUT2D eigenvalue weighted by molar-refractivity contribution is 6.36. The van der Waals surface area contributed by atoms with Crippen LogP contribution in [0, 0.1) is 0 Å². The molecule has 33 heavy (non-hydrogen) atoms. The zero-order valence-corrected chi connectivity index (χ0v) is 18.8. The van der Waals surface area contributed by atoms with Crippen molar-refractivity contribution < 1.29 is 14.1 Å². The lowest BCUT2D eigenvalue weighted by Gasteiger charge is -2.18. The number of amides is 2. The Morgan fingerprint density at radius 3 is 2.85 bits per heavy atom. The van der Waals surface area contributed by atoms with Crippen LogP contribution in [0.15, 0.2) is 39.3 Å². The molecule has 1 saturated heterocycles. The van der Waals surface area contributed by atoms with Gasteiger partial charge in [0.1, 0.15) is 0 Å². The Balaban J connectivity index is 1.28. The van der Waals surface area contributed by atoms with Crippen molar-refractivity contribution in [2.24, 2.45) is 10.3 Å². The minimum absolute atomic E-state index is 0.139. The number of nitrogens with zero attached hydrogens (tertiary/aromatic N) is 6. The number of nitrogens with one attached hydrogen (secondary N) is 1. The first kappa shape index (κ1) is 21.4. The third-order valence-electron chi connectivity index (χ3n) is 5.69. The van der Waals surface area contributed by atoms with E-state index >= 15 is 0 Å². The van der Waals surface area contributed by atoms with E-state index in [1.54, 1.807) is 18.2 Å². The van der Waals surface area contributed by atoms with Crippen molar-refractivity contribution in [3.05, 3.63) is 45.6 Å². The van der Waals surface area contributed by atoms with E-state index in [2.05, 4.69) is 25.8 Å². The molecule has 1 fully saturated rings. The normalized spacial score (nSPS) is 20.3. The molecule has 0 unspecified atom stereocenters. The van der Waals surface area contributed by atoms with Gasteiger partial charge in [0, 0.05) is 32.4 Å². The standard InChI is InChI=1S/C20H18Cl2N8O3/c1-29-20(32)15(26-28-29)9-2-3-11(12(21)6-9)19(31)25-10-4-5-30(8-10)18-16-14(13(22)7-24-18)17(23)27-33-16/h2-3,6-7,10,15H,4-5,8H2,1H3,(H2,23,27)(H,25,31)/t10-,15-/m1/s1. The Morgan fingerprint density at radius 2 is 2.12 bits per heavy atom. The number of hydrogen-bond acceptors (Lipinski definition) is 9. The monoisotopic (exact) mass is 488 g/mol. The minimum Gasteiger partial charge on any atom is -0.380 e. The molecule has 2 aliphatic heterocycles. The summed E-state index contributed by atoms with van der Waals surface area (Å²) in [6.45, 7) is 1.15. The first-order valence-electron chi connectivity index (χ1n) is 10.1. The first-order valence-corrected chi connectivity index (χ1v) is 10.8. The molecule has 11 nitrogen and oxygen atoms in total. The molecule has 0 spiro atoms. The summed E-state index contributed by atoms with van der Waals surface area (Å²) >= 11 is 12.5. The lowest BCUT2D eigenvalue weighted by Crippen LogP contribution is -2.37. The van der Waals surface area contributed by atoms with E-state index in [4.69, 9.17) is 33.5 Å². The number of pyridine rings is 1. The van der Waals surface area contributed by atoms with Crippen LogP contribution >= 0.6 is 23.2 Å². The van der Waals surface area contributed by atoms with Gasteiger partial charge in [-0.1, -0.05) is 39.6 Å². The Labute approximate surface area is 197 Å². The number of likely N-dealkylation sites (N-methyl/N-ethyl adjacent to an activating group) is 1. The van der Waals surface area contributed by atoms with Crippen LogP contribution in [-0.2, 0) is 4.79 Å².